The van der Waals surface area contributed by atoms with Crippen molar-refractivity contribution in [3.05, 3.63) is 59.4 Å². The number of hydrogen-bond donors (Lipinski definition) is 2. The van der Waals surface area contributed by atoms with Crippen molar-refractivity contribution in [1.82, 2.24) is 9.62 Å². The summed E-state index contributed by atoms with van der Waals surface area (Å²) in [6.45, 7) is 0. The van der Waals surface area contributed by atoms with Crippen molar-refractivity contribution in [2.24, 2.45) is 11.8 Å². The van der Waals surface area contributed by atoms with Crippen LogP contribution < -0.4 is 4.72 Å². The van der Waals surface area contributed by atoms with E-state index in [2.05, 4.69) is 4.72 Å². The molecule has 3 fully saturated rings. The predicted octanol–water partition coefficient (Wildman–Crippen LogP) is 2.90. The van der Waals surface area contributed by atoms with Gasteiger partial charge in [0.05, 0.1) is 6.04 Å². The maximum Gasteiger partial charge on any atom is 0.252 e. The Labute approximate surface area is 200 Å². The number of sulfonamides is 1. The van der Waals surface area contributed by atoms with Gasteiger partial charge in [0.1, 0.15) is 23.6 Å². The van der Waals surface area contributed by atoms with Crippen LogP contribution in [-0.4, -0.2) is 54.6 Å². The highest BCUT2D eigenvalue weighted by Crippen LogP contribution is 2.50. The maximum atomic E-state index is 15.5. The summed E-state index contributed by atoms with van der Waals surface area (Å²) in [5.74, 6) is -3.49. The van der Waals surface area contributed by atoms with E-state index in [4.69, 9.17) is 0 Å². The number of aliphatic hydroxyl groups is 1. The van der Waals surface area contributed by atoms with Crippen LogP contribution in [0.3, 0.4) is 0 Å². The number of carbonyl (C=O) groups is 1. The first-order valence-electron chi connectivity index (χ1n) is 11.4. The number of halogens is 4. The molecule has 0 bridgehead atoms. The number of benzene rings is 2. The molecule has 188 valence electrons. The summed E-state index contributed by atoms with van der Waals surface area (Å²) in [5, 5.41) is 10.5. The largest absolute Gasteiger partial charge is 0.383 e. The molecule has 0 radical (unpaired) electrons. The summed E-state index contributed by atoms with van der Waals surface area (Å²) in [5.41, 5.74) is 0.0327. The minimum Gasteiger partial charge on any atom is -0.383 e. The van der Waals surface area contributed by atoms with Crippen LogP contribution in [0.15, 0.2) is 36.4 Å². The van der Waals surface area contributed by atoms with Crippen LogP contribution in [0.5, 0.6) is 0 Å². The van der Waals surface area contributed by atoms with Gasteiger partial charge >= 0.3 is 0 Å². The second-order valence-electron chi connectivity index (χ2n) is 9.57. The van der Waals surface area contributed by atoms with E-state index in [1.54, 1.807) is 0 Å². The van der Waals surface area contributed by atoms with E-state index in [1.165, 1.54) is 23.1 Å². The molecule has 2 aromatic carbocycles. The summed E-state index contributed by atoms with van der Waals surface area (Å²) in [6, 6.07) is 3.27. The molecule has 11 heteroatoms. The lowest BCUT2D eigenvalue weighted by atomic mass is 9.94. The summed E-state index contributed by atoms with van der Waals surface area (Å²) in [7, 11) is -4.27. The molecule has 4 unspecified atom stereocenters. The second-order valence-corrected chi connectivity index (χ2v) is 11.3. The highest BCUT2D eigenvalue weighted by Gasteiger charge is 2.62. The smallest absolute Gasteiger partial charge is 0.252 e. The van der Waals surface area contributed by atoms with Gasteiger partial charge in [0.2, 0.25) is 16.0 Å². The van der Waals surface area contributed by atoms with Crippen molar-refractivity contribution in [2.75, 3.05) is 6.01 Å². The number of likely N-dealkylation sites (tertiary alicyclic amines) is 1. The summed E-state index contributed by atoms with van der Waals surface area (Å²) in [6.07, 6.45) is 0.537. The second kappa shape index (κ2) is 8.86. The summed E-state index contributed by atoms with van der Waals surface area (Å²) >= 11 is 0. The summed E-state index contributed by atoms with van der Waals surface area (Å²) < 4.78 is 82.5. The minimum atomic E-state index is -4.27. The van der Waals surface area contributed by atoms with E-state index in [0.717, 1.165) is 12.1 Å². The van der Waals surface area contributed by atoms with Gasteiger partial charge in [0, 0.05) is 23.7 Å². The molecule has 2 N–H and O–H groups in total. The number of nitrogens with zero attached hydrogens (tertiary/aromatic N) is 1. The van der Waals surface area contributed by atoms with Gasteiger partial charge in [-0.15, -0.1) is 0 Å². The molecule has 1 saturated heterocycles. The zero-order chi connectivity index (χ0) is 25.1. The number of alkyl halides is 1. The van der Waals surface area contributed by atoms with Gasteiger partial charge in [-0.1, -0.05) is 18.2 Å². The summed E-state index contributed by atoms with van der Waals surface area (Å²) in [4.78, 5) is 14.6. The van der Waals surface area contributed by atoms with E-state index < -0.39 is 57.6 Å². The molecule has 0 spiro atoms. The topological polar surface area (TPSA) is 86.7 Å². The monoisotopic (exact) mass is 512 g/mol. The average molecular weight is 513 g/mol. The van der Waals surface area contributed by atoms with E-state index in [9.17, 15) is 31.5 Å². The van der Waals surface area contributed by atoms with Crippen molar-refractivity contribution in [3.63, 3.8) is 0 Å². The van der Waals surface area contributed by atoms with Crippen molar-refractivity contribution < 1.29 is 35.9 Å². The number of carbonyl (C=O) groups excluding carboxylic acids is 1. The highest BCUT2D eigenvalue weighted by atomic mass is 32.2. The van der Waals surface area contributed by atoms with Crippen LogP contribution in [0.1, 0.15) is 24.8 Å². The van der Waals surface area contributed by atoms with Crippen LogP contribution in [0.25, 0.3) is 11.1 Å². The third kappa shape index (κ3) is 4.68. The van der Waals surface area contributed by atoms with Gasteiger partial charge in [-0.25, -0.2) is 30.7 Å². The quantitative estimate of drug-likeness (QED) is 0.533. The first kappa shape index (κ1) is 24.2. The Morgan fingerprint density at radius 1 is 1.14 bits per heavy atom. The molecule has 5 rings (SSSR count). The Bertz CT molecular complexity index is 1250. The molecule has 0 aromatic heterocycles. The Balaban J connectivity index is 1.49. The SMILES string of the molecule is O=C([C@H](O)C1CC1)N1C2CC2C(NS(=O)(=O)CF)C1Cc1cccc(-c2cc(F)cc(F)c2)c1F. The van der Waals surface area contributed by atoms with Gasteiger partial charge in [-0.2, -0.15) is 0 Å². The third-order valence-electron chi connectivity index (χ3n) is 7.11. The lowest BCUT2D eigenvalue weighted by Crippen LogP contribution is -2.53. The molecule has 1 aliphatic heterocycles. The van der Waals surface area contributed by atoms with Crippen LogP contribution >= 0.6 is 0 Å². The Morgan fingerprint density at radius 3 is 2.46 bits per heavy atom. The van der Waals surface area contributed by atoms with Crippen LogP contribution in [-0.2, 0) is 21.2 Å². The third-order valence-corrected chi connectivity index (χ3v) is 8.03. The fourth-order valence-electron chi connectivity index (χ4n) is 5.23. The van der Waals surface area contributed by atoms with Crippen molar-refractivity contribution in [3.8, 4) is 11.1 Å². The zero-order valence-corrected chi connectivity index (χ0v) is 19.3. The Kier molecular flexibility index (Phi) is 6.13. The molecular formula is C24H24F4N2O4S. The minimum absolute atomic E-state index is 0.0112. The molecule has 2 aliphatic carbocycles. The lowest BCUT2D eigenvalue weighted by Gasteiger charge is -2.33. The lowest BCUT2D eigenvalue weighted by molar-refractivity contribution is -0.143. The van der Waals surface area contributed by atoms with Gasteiger partial charge in [-0.3, -0.25) is 4.79 Å². The van der Waals surface area contributed by atoms with E-state index in [-0.39, 0.29) is 41.0 Å². The van der Waals surface area contributed by atoms with Gasteiger partial charge < -0.3 is 10.0 Å². The Morgan fingerprint density at radius 2 is 1.83 bits per heavy atom. The fourth-order valence-corrected chi connectivity index (χ4v) is 6.04. The molecule has 5 atom stereocenters. The number of aliphatic hydroxyl groups excluding tert-OH is 1. The number of piperidine rings is 1. The normalized spacial score (nSPS) is 26.5. The van der Waals surface area contributed by atoms with Gasteiger partial charge in [0.15, 0.2) is 0 Å². The van der Waals surface area contributed by atoms with E-state index >= 15 is 4.39 Å². The average Bonchev–Trinajstić information content (AvgIpc) is 3.72. The molecule has 1 heterocycles. The predicted molar refractivity (Wildman–Crippen MR) is 119 cm³/mol. The first-order valence-corrected chi connectivity index (χ1v) is 13.0. The highest BCUT2D eigenvalue weighted by molar-refractivity contribution is 7.89. The first-order chi connectivity index (χ1) is 16.6. The molecule has 6 nitrogen and oxygen atoms in total. The number of amides is 1. The fraction of sp³-hybridized carbons (Fsp3) is 0.458. The van der Waals surface area contributed by atoms with Gasteiger partial charge in [0.25, 0.3) is 5.91 Å². The zero-order valence-electron chi connectivity index (χ0n) is 18.5. The molecular weight excluding hydrogens is 488 g/mol. The number of nitrogens with one attached hydrogen (secondary N) is 1. The molecule has 2 aromatic rings. The van der Waals surface area contributed by atoms with Crippen molar-refractivity contribution in [2.45, 2.75) is 49.9 Å². The van der Waals surface area contributed by atoms with E-state index in [1.807, 2.05) is 0 Å². The van der Waals surface area contributed by atoms with Crippen molar-refractivity contribution in [1.29, 1.82) is 0 Å². The molecule has 2 saturated carbocycles. The van der Waals surface area contributed by atoms with E-state index in [0.29, 0.717) is 25.3 Å². The molecule has 1 amide bonds. The number of hydrogen-bond acceptors (Lipinski definition) is 4. The standard InChI is InChI=1S/C24H24F4N2O4S/c25-11-35(33,34)29-22-18-10-19(18)30(24(32)23(31)12-4-5-12)20(22)8-13-2-1-3-17(21(13)28)14-6-15(26)9-16(27)7-14/h1-3,6-7,9,12,18-20,22-23,29,31H,4-5,8,10-11H2/t18?,19?,20?,22?,23-/m1/s1. The van der Waals surface area contributed by atoms with Crippen LogP contribution in [0, 0.1) is 29.3 Å². The molecule has 3 aliphatic rings. The Hall–Kier alpha value is -2.50. The van der Waals surface area contributed by atoms with Gasteiger partial charge in [-0.05, 0) is 60.8 Å². The number of rotatable bonds is 8. The number of fused-ring (bicyclic) bond motifs is 1. The van der Waals surface area contributed by atoms with Crippen LogP contribution in [0.2, 0.25) is 0 Å². The van der Waals surface area contributed by atoms with Crippen LogP contribution in [0.4, 0.5) is 17.6 Å². The molecule has 35 heavy (non-hydrogen) atoms. The van der Waals surface area contributed by atoms with Crippen molar-refractivity contribution >= 4 is 15.9 Å². The maximum absolute atomic E-state index is 15.5.